The van der Waals surface area contributed by atoms with Gasteiger partial charge in [0.25, 0.3) is 0 Å². The molecule has 0 saturated heterocycles. The SMILES string of the molecule is CCC(N)C(c1ccc(C)o1)N(C)CCC(C)C. The van der Waals surface area contributed by atoms with E-state index < -0.39 is 0 Å². The van der Waals surface area contributed by atoms with E-state index in [0.717, 1.165) is 24.5 Å². The van der Waals surface area contributed by atoms with Crippen molar-refractivity contribution in [2.75, 3.05) is 13.6 Å². The van der Waals surface area contributed by atoms with Crippen molar-refractivity contribution in [3.63, 3.8) is 0 Å². The number of furan rings is 1. The van der Waals surface area contributed by atoms with Gasteiger partial charge in [-0.15, -0.1) is 0 Å². The van der Waals surface area contributed by atoms with Crippen molar-refractivity contribution in [3.05, 3.63) is 23.7 Å². The van der Waals surface area contributed by atoms with Gasteiger partial charge in [0.1, 0.15) is 11.5 Å². The van der Waals surface area contributed by atoms with Crippen molar-refractivity contribution < 1.29 is 4.42 Å². The van der Waals surface area contributed by atoms with Crippen LogP contribution in [0.2, 0.25) is 0 Å². The fourth-order valence-electron chi connectivity index (χ4n) is 2.19. The summed E-state index contributed by atoms with van der Waals surface area (Å²) in [5.41, 5.74) is 6.26. The Bertz CT molecular complexity index is 346. The zero-order valence-corrected chi connectivity index (χ0v) is 12.4. The van der Waals surface area contributed by atoms with Crippen molar-refractivity contribution >= 4 is 0 Å². The van der Waals surface area contributed by atoms with Gasteiger partial charge in [-0.05, 0) is 51.4 Å². The monoisotopic (exact) mass is 252 g/mol. The lowest BCUT2D eigenvalue weighted by molar-refractivity contribution is 0.174. The zero-order chi connectivity index (χ0) is 13.7. The second-order valence-electron chi connectivity index (χ2n) is 5.63. The van der Waals surface area contributed by atoms with Gasteiger partial charge in [-0.25, -0.2) is 0 Å². The van der Waals surface area contributed by atoms with Crippen molar-refractivity contribution in [2.24, 2.45) is 11.7 Å². The molecule has 0 fully saturated rings. The van der Waals surface area contributed by atoms with Crippen molar-refractivity contribution in [1.82, 2.24) is 4.90 Å². The summed E-state index contributed by atoms with van der Waals surface area (Å²) >= 11 is 0. The third-order valence-electron chi connectivity index (χ3n) is 3.46. The smallest absolute Gasteiger partial charge is 0.122 e. The third kappa shape index (κ3) is 4.14. The number of likely N-dealkylation sites (N-methyl/N-ethyl adjacent to an activating group) is 1. The van der Waals surface area contributed by atoms with E-state index in [1.165, 1.54) is 6.42 Å². The molecule has 0 amide bonds. The van der Waals surface area contributed by atoms with E-state index in [9.17, 15) is 0 Å². The maximum Gasteiger partial charge on any atom is 0.122 e. The van der Waals surface area contributed by atoms with Gasteiger partial charge in [0.2, 0.25) is 0 Å². The summed E-state index contributed by atoms with van der Waals surface area (Å²) in [6.45, 7) is 9.66. The number of nitrogens with zero attached hydrogens (tertiary/aromatic N) is 1. The van der Waals surface area contributed by atoms with Crippen LogP contribution in [0.15, 0.2) is 16.5 Å². The minimum atomic E-state index is 0.118. The Hall–Kier alpha value is -0.800. The average molecular weight is 252 g/mol. The minimum Gasteiger partial charge on any atom is -0.465 e. The van der Waals surface area contributed by atoms with Gasteiger partial charge in [0, 0.05) is 6.04 Å². The molecule has 3 heteroatoms. The van der Waals surface area contributed by atoms with Gasteiger partial charge < -0.3 is 10.2 Å². The average Bonchev–Trinajstić information content (AvgIpc) is 2.73. The molecule has 1 rings (SSSR count). The fraction of sp³-hybridized carbons (Fsp3) is 0.733. The summed E-state index contributed by atoms with van der Waals surface area (Å²) in [5.74, 6) is 2.66. The maximum atomic E-state index is 6.26. The van der Waals surface area contributed by atoms with Crippen LogP contribution >= 0.6 is 0 Å². The third-order valence-corrected chi connectivity index (χ3v) is 3.46. The van der Waals surface area contributed by atoms with E-state index in [2.05, 4.69) is 38.8 Å². The van der Waals surface area contributed by atoms with E-state index in [1.807, 2.05) is 13.0 Å². The second kappa shape index (κ2) is 6.95. The van der Waals surface area contributed by atoms with Crippen LogP contribution in [0.25, 0.3) is 0 Å². The van der Waals surface area contributed by atoms with Crippen LogP contribution in [0.1, 0.15) is 51.2 Å². The number of hydrogen-bond acceptors (Lipinski definition) is 3. The highest BCUT2D eigenvalue weighted by atomic mass is 16.3. The highest BCUT2D eigenvalue weighted by Crippen LogP contribution is 2.26. The van der Waals surface area contributed by atoms with Crippen LogP contribution in [0.5, 0.6) is 0 Å². The molecule has 1 heterocycles. The number of hydrogen-bond donors (Lipinski definition) is 1. The Balaban J connectivity index is 2.78. The van der Waals surface area contributed by atoms with Gasteiger partial charge in [-0.2, -0.15) is 0 Å². The summed E-state index contributed by atoms with van der Waals surface area (Å²) in [5, 5.41) is 0. The van der Waals surface area contributed by atoms with E-state index >= 15 is 0 Å². The topological polar surface area (TPSA) is 42.4 Å². The molecule has 0 spiro atoms. The molecular formula is C15H28N2O. The molecule has 0 aromatic carbocycles. The predicted octanol–water partition coefficient (Wildman–Crippen LogP) is 3.34. The highest BCUT2D eigenvalue weighted by molar-refractivity contribution is 5.12. The van der Waals surface area contributed by atoms with Crippen LogP contribution in [0, 0.1) is 12.8 Å². The first-order valence-electron chi connectivity index (χ1n) is 6.97. The van der Waals surface area contributed by atoms with Crippen molar-refractivity contribution in [3.8, 4) is 0 Å². The predicted molar refractivity (Wildman–Crippen MR) is 76.5 cm³/mol. The van der Waals surface area contributed by atoms with E-state index in [0.29, 0.717) is 5.92 Å². The molecule has 0 aliphatic rings. The van der Waals surface area contributed by atoms with Gasteiger partial charge in [0.15, 0.2) is 0 Å². The first-order valence-corrected chi connectivity index (χ1v) is 6.97. The van der Waals surface area contributed by atoms with Crippen molar-refractivity contribution in [2.45, 2.75) is 52.6 Å². The summed E-state index contributed by atoms with van der Waals surface area (Å²) in [6.07, 6.45) is 2.14. The van der Waals surface area contributed by atoms with Gasteiger partial charge in [0.05, 0.1) is 6.04 Å². The number of aryl methyl sites for hydroxylation is 1. The summed E-state index contributed by atoms with van der Waals surface area (Å²) in [4.78, 5) is 2.33. The summed E-state index contributed by atoms with van der Waals surface area (Å²) in [7, 11) is 2.14. The lowest BCUT2D eigenvalue weighted by atomic mass is 10.0. The maximum absolute atomic E-state index is 6.26. The fourth-order valence-corrected chi connectivity index (χ4v) is 2.19. The first kappa shape index (κ1) is 15.3. The summed E-state index contributed by atoms with van der Waals surface area (Å²) < 4.78 is 5.77. The molecule has 1 aromatic heterocycles. The number of nitrogens with two attached hydrogens (primary N) is 1. The molecule has 2 unspecified atom stereocenters. The van der Waals surface area contributed by atoms with E-state index in [-0.39, 0.29) is 12.1 Å². The molecule has 3 nitrogen and oxygen atoms in total. The van der Waals surface area contributed by atoms with Crippen LogP contribution in [0.4, 0.5) is 0 Å². The Morgan fingerprint density at radius 1 is 1.33 bits per heavy atom. The molecule has 0 bridgehead atoms. The Morgan fingerprint density at radius 3 is 2.44 bits per heavy atom. The molecule has 0 aliphatic carbocycles. The van der Waals surface area contributed by atoms with Gasteiger partial charge in [-0.3, -0.25) is 4.90 Å². The molecule has 0 aliphatic heterocycles. The lowest BCUT2D eigenvalue weighted by Gasteiger charge is -2.31. The molecule has 18 heavy (non-hydrogen) atoms. The molecule has 2 N–H and O–H groups in total. The molecule has 1 aromatic rings. The Kier molecular flexibility index (Phi) is 5.89. The van der Waals surface area contributed by atoms with Gasteiger partial charge in [-0.1, -0.05) is 20.8 Å². The summed E-state index contributed by atoms with van der Waals surface area (Å²) in [6, 6.07) is 4.37. The quantitative estimate of drug-likeness (QED) is 0.809. The largest absolute Gasteiger partial charge is 0.465 e. The highest BCUT2D eigenvalue weighted by Gasteiger charge is 2.25. The van der Waals surface area contributed by atoms with E-state index in [4.69, 9.17) is 10.2 Å². The second-order valence-corrected chi connectivity index (χ2v) is 5.63. The molecule has 2 atom stereocenters. The standard InChI is InChI=1S/C15H28N2O/c1-6-13(16)15(14-8-7-12(4)18-14)17(5)10-9-11(2)3/h7-8,11,13,15H,6,9-10,16H2,1-5H3. The molecule has 0 radical (unpaired) electrons. The zero-order valence-electron chi connectivity index (χ0n) is 12.4. The number of rotatable bonds is 7. The normalized spacial score (nSPS) is 15.3. The molecule has 104 valence electrons. The lowest BCUT2D eigenvalue weighted by Crippen LogP contribution is -2.39. The molecule has 0 saturated carbocycles. The first-order chi connectivity index (χ1) is 8.45. The van der Waals surface area contributed by atoms with E-state index in [1.54, 1.807) is 0 Å². The Morgan fingerprint density at radius 2 is 2.00 bits per heavy atom. The minimum absolute atomic E-state index is 0.118. The van der Waals surface area contributed by atoms with Crippen LogP contribution in [-0.2, 0) is 0 Å². The molecular weight excluding hydrogens is 224 g/mol. The van der Waals surface area contributed by atoms with Crippen molar-refractivity contribution in [1.29, 1.82) is 0 Å². The van der Waals surface area contributed by atoms with Crippen LogP contribution in [0.3, 0.4) is 0 Å². The van der Waals surface area contributed by atoms with Crippen LogP contribution < -0.4 is 5.73 Å². The van der Waals surface area contributed by atoms with Gasteiger partial charge >= 0.3 is 0 Å². The van der Waals surface area contributed by atoms with Crippen LogP contribution in [-0.4, -0.2) is 24.5 Å². The Labute approximate surface area is 111 Å².